The topological polar surface area (TPSA) is 38.5 Å². The molecule has 1 aliphatic carbocycles. The number of nitrogens with two attached hydrogens (primary N) is 1. The fourth-order valence-electron chi connectivity index (χ4n) is 4.38. The van der Waals surface area contributed by atoms with Crippen LogP contribution < -0.4 is 5.73 Å². The average molecular weight is 282 g/mol. The van der Waals surface area contributed by atoms with E-state index in [0.717, 1.165) is 32.0 Å². The minimum Gasteiger partial charge on any atom is -0.377 e. The fourth-order valence-corrected chi connectivity index (χ4v) is 4.38. The van der Waals surface area contributed by atoms with Gasteiger partial charge in [0.2, 0.25) is 0 Å². The largest absolute Gasteiger partial charge is 0.377 e. The summed E-state index contributed by atoms with van der Waals surface area (Å²) in [6.45, 7) is 15.7. The smallest absolute Gasteiger partial charge is 0.0691 e. The van der Waals surface area contributed by atoms with Gasteiger partial charge in [-0.1, -0.05) is 47.5 Å². The summed E-state index contributed by atoms with van der Waals surface area (Å²) in [7, 11) is 0. The first-order valence-electron chi connectivity index (χ1n) is 8.53. The van der Waals surface area contributed by atoms with Gasteiger partial charge >= 0.3 is 0 Å². The highest BCUT2D eigenvalue weighted by Gasteiger charge is 2.67. The molecule has 0 spiro atoms. The second kappa shape index (κ2) is 5.94. The first-order valence-corrected chi connectivity index (χ1v) is 8.53. The lowest BCUT2D eigenvalue weighted by Gasteiger charge is -2.63. The molecule has 118 valence electrons. The molecule has 3 nitrogen and oxygen atoms in total. The summed E-state index contributed by atoms with van der Waals surface area (Å²) < 4.78 is 5.90. The van der Waals surface area contributed by atoms with E-state index in [0.29, 0.717) is 12.0 Å². The summed E-state index contributed by atoms with van der Waals surface area (Å²) in [5.41, 5.74) is 6.91. The van der Waals surface area contributed by atoms with Gasteiger partial charge in [-0.3, -0.25) is 0 Å². The molecule has 0 bridgehead atoms. The molecule has 1 aliphatic heterocycles. The first-order chi connectivity index (χ1) is 9.40. The zero-order valence-electron chi connectivity index (χ0n) is 14.1. The predicted octanol–water partition coefficient (Wildman–Crippen LogP) is 2.89. The second-order valence-corrected chi connectivity index (χ2v) is 7.46. The molecular weight excluding hydrogens is 248 g/mol. The van der Waals surface area contributed by atoms with Crippen molar-refractivity contribution >= 4 is 0 Å². The Morgan fingerprint density at radius 3 is 2.45 bits per heavy atom. The van der Waals surface area contributed by atoms with Crippen LogP contribution >= 0.6 is 0 Å². The Bertz CT molecular complexity index is 327. The number of ether oxygens (including phenoxy) is 1. The molecule has 0 aromatic rings. The van der Waals surface area contributed by atoms with Crippen LogP contribution in [0.3, 0.4) is 0 Å². The van der Waals surface area contributed by atoms with Gasteiger partial charge in [-0.2, -0.15) is 0 Å². The standard InChI is InChI=1S/C17H34N2O/c1-6-13(7-2)11-19(8-3)12-17(18)14-9-10-20-15(14)16(17,4)5/h13-15H,6-12,18H2,1-5H3. The number of likely N-dealkylation sites (N-methyl/N-ethyl adjacent to an activating group) is 1. The third-order valence-corrected chi connectivity index (χ3v) is 6.27. The third-order valence-electron chi connectivity index (χ3n) is 6.27. The van der Waals surface area contributed by atoms with Gasteiger partial charge in [0, 0.05) is 36.6 Å². The van der Waals surface area contributed by atoms with Gasteiger partial charge < -0.3 is 15.4 Å². The molecule has 3 atom stereocenters. The van der Waals surface area contributed by atoms with E-state index in [1.807, 2.05) is 0 Å². The molecule has 2 fully saturated rings. The summed E-state index contributed by atoms with van der Waals surface area (Å²) in [6, 6.07) is 0. The average Bonchev–Trinajstić information content (AvgIpc) is 2.91. The number of hydrogen-bond donors (Lipinski definition) is 1. The fraction of sp³-hybridized carbons (Fsp3) is 1.00. The third kappa shape index (κ3) is 2.42. The molecule has 1 heterocycles. The van der Waals surface area contributed by atoms with Crippen molar-refractivity contribution in [1.29, 1.82) is 0 Å². The van der Waals surface area contributed by atoms with E-state index in [-0.39, 0.29) is 11.0 Å². The van der Waals surface area contributed by atoms with Gasteiger partial charge in [0.1, 0.15) is 0 Å². The molecule has 3 heteroatoms. The van der Waals surface area contributed by atoms with Gasteiger partial charge in [0.05, 0.1) is 6.10 Å². The number of nitrogens with zero attached hydrogens (tertiary/aromatic N) is 1. The van der Waals surface area contributed by atoms with Crippen molar-refractivity contribution in [2.45, 2.75) is 65.5 Å². The van der Waals surface area contributed by atoms with Crippen LogP contribution in [0.15, 0.2) is 0 Å². The molecule has 0 amide bonds. The Hall–Kier alpha value is -0.120. The van der Waals surface area contributed by atoms with E-state index in [4.69, 9.17) is 10.5 Å². The molecule has 0 radical (unpaired) electrons. The Kier molecular flexibility index (Phi) is 4.83. The Balaban J connectivity index is 2.03. The number of fused-ring (bicyclic) bond motifs is 1. The monoisotopic (exact) mass is 282 g/mol. The SMILES string of the molecule is CCC(CC)CN(CC)CC1(N)C2CCOC2C1(C)C. The Morgan fingerprint density at radius 1 is 1.25 bits per heavy atom. The second-order valence-electron chi connectivity index (χ2n) is 7.46. The number of rotatable bonds is 7. The highest BCUT2D eigenvalue weighted by molar-refractivity contribution is 5.21. The van der Waals surface area contributed by atoms with E-state index in [1.165, 1.54) is 19.4 Å². The van der Waals surface area contributed by atoms with E-state index in [1.54, 1.807) is 0 Å². The van der Waals surface area contributed by atoms with E-state index >= 15 is 0 Å². The van der Waals surface area contributed by atoms with Crippen LogP contribution in [0.2, 0.25) is 0 Å². The maximum Gasteiger partial charge on any atom is 0.0691 e. The quantitative estimate of drug-likeness (QED) is 0.780. The van der Waals surface area contributed by atoms with Crippen LogP contribution in [-0.2, 0) is 4.74 Å². The normalized spacial score (nSPS) is 35.4. The van der Waals surface area contributed by atoms with Crippen molar-refractivity contribution < 1.29 is 4.74 Å². The van der Waals surface area contributed by atoms with Gasteiger partial charge in [-0.05, 0) is 18.9 Å². The maximum absolute atomic E-state index is 6.88. The Labute approximate surface area is 125 Å². The van der Waals surface area contributed by atoms with Gasteiger partial charge in [-0.15, -0.1) is 0 Å². The zero-order chi connectivity index (χ0) is 15.0. The van der Waals surface area contributed by atoms with Crippen LogP contribution in [0, 0.1) is 17.3 Å². The van der Waals surface area contributed by atoms with Crippen molar-refractivity contribution in [3.05, 3.63) is 0 Å². The molecular formula is C17H34N2O. The summed E-state index contributed by atoms with van der Waals surface area (Å²) in [5, 5.41) is 0. The van der Waals surface area contributed by atoms with Gasteiger partial charge in [-0.25, -0.2) is 0 Å². The van der Waals surface area contributed by atoms with Crippen LogP contribution in [0.1, 0.15) is 53.9 Å². The van der Waals surface area contributed by atoms with Crippen LogP contribution in [-0.4, -0.2) is 42.8 Å². The zero-order valence-corrected chi connectivity index (χ0v) is 14.1. The van der Waals surface area contributed by atoms with E-state index < -0.39 is 0 Å². The summed E-state index contributed by atoms with van der Waals surface area (Å²) >= 11 is 0. The predicted molar refractivity (Wildman–Crippen MR) is 84.7 cm³/mol. The molecule has 0 aromatic carbocycles. The highest BCUT2D eigenvalue weighted by atomic mass is 16.5. The van der Waals surface area contributed by atoms with Crippen LogP contribution in [0.4, 0.5) is 0 Å². The van der Waals surface area contributed by atoms with Crippen LogP contribution in [0.25, 0.3) is 0 Å². The molecule has 1 saturated heterocycles. The molecule has 1 saturated carbocycles. The minimum atomic E-state index is -0.0732. The molecule has 2 N–H and O–H groups in total. The molecule has 20 heavy (non-hydrogen) atoms. The van der Waals surface area contributed by atoms with Crippen molar-refractivity contribution in [1.82, 2.24) is 4.90 Å². The number of hydrogen-bond acceptors (Lipinski definition) is 3. The Morgan fingerprint density at radius 2 is 1.90 bits per heavy atom. The van der Waals surface area contributed by atoms with Crippen molar-refractivity contribution in [2.24, 2.45) is 23.0 Å². The minimum absolute atomic E-state index is 0.0732. The molecule has 2 rings (SSSR count). The van der Waals surface area contributed by atoms with Gasteiger partial charge in [0.25, 0.3) is 0 Å². The lowest BCUT2D eigenvalue weighted by atomic mass is 9.48. The van der Waals surface area contributed by atoms with E-state index in [2.05, 4.69) is 39.5 Å². The molecule has 2 aliphatic rings. The van der Waals surface area contributed by atoms with Crippen molar-refractivity contribution in [2.75, 3.05) is 26.2 Å². The maximum atomic E-state index is 6.88. The first kappa shape index (κ1) is 16.3. The van der Waals surface area contributed by atoms with Gasteiger partial charge in [0.15, 0.2) is 0 Å². The highest BCUT2D eigenvalue weighted by Crippen LogP contribution is 2.58. The van der Waals surface area contributed by atoms with Crippen molar-refractivity contribution in [3.8, 4) is 0 Å². The van der Waals surface area contributed by atoms with Crippen LogP contribution in [0.5, 0.6) is 0 Å². The summed E-state index contributed by atoms with van der Waals surface area (Å²) in [5.74, 6) is 1.37. The lowest BCUT2D eigenvalue weighted by molar-refractivity contribution is -0.163. The summed E-state index contributed by atoms with van der Waals surface area (Å²) in [4.78, 5) is 2.58. The molecule has 0 aromatic heterocycles. The van der Waals surface area contributed by atoms with Crippen molar-refractivity contribution in [3.63, 3.8) is 0 Å². The molecule has 3 unspecified atom stereocenters. The summed E-state index contributed by atoms with van der Waals surface area (Å²) in [6.07, 6.45) is 4.07. The lowest BCUT2D eigenvalue weighted by Crippen LogP contribution is -2.78. The van der Waals surface area contributed by atoms with E-state index in [9.17, 15) is 0 Å².